The van der Waals surface area contributed by atoms with Crippen LogP contribution in [0.25, 0.3) is 0 Å². The fourth-order valence-corrected chi connectivity index (χ4v) is 2.02. The standard InChI is InChI=1S/C9H19ClN2.ClH/c1-11(2)9-3-6-12(7-4-9)8-5-10;/h9H,3-8H2,1-2H3;1H. The number of halogens is 2. The third kappa shape index (κ3) is 4.50. The number of hydrogen-bond acceptors (Lipinski definition) is 2. The highest BCUT2D eigenvalue weighted by atomic mass is 35.5. The molecule has 0 aromatic carbocycles. The zero-order chi connectivity index (χ0) is 8.97. The Morgan fingerprint density at radius 1 is 1.31 bits per heavy atom. The minimum absolute atomic E-state index is 0. The minimum atomic E-state index is 0. The Balaban J connectivity index is 0.00000144. The summed E-state index contributed by atoms with van der Waals surface area (Å²) < 4.78 is 0. The Hall–Kier alpha value is 0.500. The van der Waals surface area contributed by atoms with Gasteiger partial charge in [0.1, 0.15) is 0 Å². The van der Waals surface area contributed by atoms with Crippen molar-refractivity contribution in [2.75, 3.05) is 39.6 Å². The van der Waals surface area contributed by atoms with Crippen LogP contribution >= 0.6 is 24.0 Å². The molecule has 1 saturated heterocycles. The van der Waals surface area contributed by atoms with Crippen molar-refractivity contribution in [1.29, 1.82) is 0 Å². The zero-order valence-corrected chi connectivity index (χ0v) is 10.1. The third-order valence-electron chi connectivity index (χ3n) is 2.69. The molecular formula is C9H20Cl2N2. The maximum absolute atomic E-state index is 5.68. The first kappa shape index (κ1) is 13.5. The van der Waals surface area contributed by atoms with Crippen molar-refractivity contribution in [2.45, 2.75) is 18.9 Å². The van der Waals surface area contributed by atoms with Crippen LogP contribution in [0.15, 0.2) is 0 Å². The maximum atomic E-state index is 5.68. The van der Waals surface area contributed by atoms with E-state index in [1.807, 2.05) is 0 Å². The Kier molecular flexibility index (Phi) is 7.15. The molecule has 0 saturated carbocycles. The van der Waals surface area contributed by atoms with Crippen LogP contribution in [0, 0.1) is 0 Å². The highest BCUT2D eigenvalue weighted by molar-refractivity contribution is 6.18. The largest absolute Gasteiger partial charge is 0.306 e. The van der Waals surface area contributed by atoms with Crippen molar-refractivity contribution in [1.82, 2.24) is 9.80 Å². The lowest BCUT2D eigenvalue weighted by Crippen LogP contribution is -2.42. The Bertz CT molecular complexity index is 123. The van der Waals surface area contributed by atoms with E-state index in [1.165, 1.54) is 25.9 Å². The zero-order valence-electron chi connectivity index (χ0n) is 8.50. The van der Waals surface area contributed by atoms with Gasteiger partial charge < -0.3 is 9.80 Å². The fraction of sp³-hybridized carbons (Fsp3) is 1.00. The van der Waals surface area contributed by atoms with E-state index in [2.05, 4.69) is 23.9 Å². The summed E-state index contributed by atoms with van der Waals surface area (Å²) in [5.74, 6) is 0.770. The van der Waals surface area contributed by atoms with Crippen LogP contribution in [-0.4, -0.2) is 55.5 Å². The smallest absolute Gasteiger partial charge is 0.0351 e. The summed E-state index contributed by atoms with van der Waals surface area (Å²) in [7, 11) is 4.34. The summed E-state index contributed by atoms with van der Waals surface area (Å²) in [5.41, 5.74) is 0. The van der Waals surface area contributed by atoms with Gasteiger partial charge in [-0.3, -0.25) is 0 Å². The predicted octanol–water partition coefficient (Wildman–Crippen LogP) is 1.67. The van der Waals surface area contributed by atoms with Gasteiger partial charge in [-0.2, -0.15) is 0 Å². The van der Waals surface area contributed by atoms with Crippen molar-refractivity contribution in [3.8, 4) is 0 Å². The summed E-state index contributed by atoms with van der Waals surface area (Å²) >= 11 is 5.68. The van der Waals surface area contributed by atoms with Gasteiger partial charge in [0.25, 0.3) is 0 Å². The first-order valence-electron chi connectivity index (χ1n) is 4.69. The van der Waals surface area contributed by atoms with Crippen molar-refractivity contribution in [3.05, 3.63) is 0 Å². The second-order valence-electron chi connectivity index (χ2n) is 3.73. The predicted molar refractivity (Wildman–Crippen MR) is 61.1 cm³/mol. The quantitative estimate of drug-likeness (QED) is 0.677. The summed E-state index contributed by atoms with van der Waals surface area (Å²) in [6.45, 7) is 3.49. The molecule has 1 fully saturated rings. The molecular weight excluding hydrogens is 207 g/mol. The van der Waals surface area contributed by atoms with E-state index < -0.39 is 0 Å². The van der Waals surface area contributed by atoms with E-state index in [1.54, 1.807) is 0 Å². The van der Waals surface area contributed by atoms with Crippen LogP contribution in [0.2, 0.25) is 0 Å². The average molecular weight is 227 g/mol. The molecule has 2 nitrogen and oxygen atoms in total. The van der Waals surface area contributed by atoms with Gasteiger partial charge in [0.15, 0.2) is 0 Å². The topological polar surface area (TPSA) is 6.48 Å². The SMILES string of the molecule is CN(C)C1CCN(CCCl)CC1.Cl. The summed E-state index contributed by atoms with van der Waals surface area (Å²) in [6, 6.07) is 0.788. The van der Waals surface area contributed by atoms with Crippen LogP contribution in [0.1, 0.15) is 12.8 Å². The van der Waals surface area contributed by atoms with Crippen LogP contribution in [-0.2, 0) is 0 Å². The molecule has 13 heavy (non-hydrogen) atoms. The Morgan fingerprint density at radius 3 is 2.23 bits per heavy atom. The number of piperidine rings is 1. The molecule has 1 heterocycles. The van der Waals surface area contributed by atoms with E-state index in [4.69, 9.17) is 11.6 Å². The van der Waals surface area contributed by atoms with E-state index in [-0.39, 0.29) is 12.4 Å². The lowest BCUT2D eigenvalue weighted by Gasteiger charge is -2.34. The first-order valence-corrected chi connectivity index (χ1v) is 5.22. The molecule has 0 atom stereocenters. The lowest BCUT2D eigenvalue weighted by atomic mass is 10.0. The maximum Gasteiger partial charge on any atom is 0.0351 e. The number of hydrogen-bond donors (Lipinski definition) is 0. The summed E-state index contributed by atoms with van der Waals surface area (Å²) in [5, 5.41) is 0. The molecule has 4 heteroatoms. The highest BCUT2D eigenvalue weighted by Gasteiger charge is 2.19. The average Bonchev–Trinajstić information content (AvgIpc) is 2.06. The minimum Gasteiger partial charge on any atom is -0.306 e. The molecule has 1 rings (SSSR count). The molecule has 1 aliphatic heterocycles. The van der Waals surface area contributed by atoms with E-state index in [0.29, 0.717) is 0 Å². The van der Waals surface area contributed by atoms with Gasteiger partial charge in [0.05, 0.1) is 0 Å². The molecule has 0 aromatic rings. The normalized spacial score (nSPS) is 20.3. The molecule has 0 radical (unpaired) electrons. The number of rotatable bonds is 3. The van der Waals surface area contributed by atoms with Gasteiger partial charge in [-0.15, -0.1) is 24.0 Å². The Labute approximate surface area is 92.6 Å². The van der Waals surface area contributed by atoms with Crippen molar-refractivity contribution in [2.24, 2.45) is 0 Å². The summed E-state index contributed by atoms with van der Waals surface area (Å²) in [6.07, 6.45) is 2.59. The lowest BCUT2D eigenvalue weighted by molar-refractivity contribution is 0.150. The molecule has 0 amide bonds. The van der Waals surface area contributed by atoms with Crippen molar-refractivity contribution in [3.63, 3.8) is 0 Å². The van der Waals surface area contributed by atoms with Gasteiger partial charge in [-0.25, -0.2) is 0 Å². The van der Waals surface area contributed by atoms with Crippen LogP contribution in [0.3, 0.4) is 0 Å². The second kappa shape index (κ2) is 6.88. The first-order chi connectivity index (χ1) is 5.74. The Morgan fingerprint density at radius 2 is 1.85 bits per heavy atom. The monoisotopic (exact) mass is 226 g/mol. The number of alkyl halides is 1. The highest BCUT2D eigenvalue weighted by Crippen LogP contribution is 2.13. The molecule has 0 bridgehead atoms. The molecule has 0 N–H and O–H groups in total. The second-order valence-corrected chi connectivity index (χ2v) is 4.10. The number of likely N-dealkylation sites (tertiary alicyclic amines) is 1. The van der Waals surface area contributed by atoms with Crippen molar-refractivity contribution >= 4 is 24.0 Å². The molecule has 0 aromatic heterocycles. The van der Waals surface area contributed by atoms with Gasteiger partial charge in [0, 0.05) is 18.5 Å². The third-order valence-corrected chi connectivity index (χ3v) is 2.86. The summed E-state index contributed by atoms with van der Waals surface area (Å²) in [4.78, 5) is 4.78. The van der Waals surface area contributed by atoms with Gasteiger partial charge >= 0.3 is 0 Å². The molecule has 0 spiro atoms. The van der Waals surface area contributed by atoms with E-state index >= 15 is 0 Å². The van der Waals surface area contributed by atoms with E-state index in [9.17, 15) is 0 Å². The van der Waals surface area contributed by atoms with Crippen LogP contribution in [0.4, 0.5) is 0 Å². The van der Waals surface area contributed by atoms with Gasteiger partial charge in [-0.1, -0.05) is 0 Å². The molecule has 0 unspecified atom stereocenters. The van der Waals surface area contributed by atoms with E-state index in [0.717, 1.165) is 18.5 Å². The molecule has 80 valence electrons. The van der Waals surface area contributed by atoms with Crippen LogP contribution < -0.4 is 0 Å². The van der Waals surface area contributed by atoms with Gasteiger partial charge in [0.2, 0.25) is 0 Å². The van der Waals surface area contributed by atoms with Gasteiger partial charge in [-0.05, 0) is 40.0 Å². The number of nitrogens with zero attached hydrogens (tertiary/aromatic N) is 2. The van der Waals surface area contributed by atoms with Crippen LogP contribution in [0.5, 0.6) is 0 Å². The molecule has 1 aliphatic rings. The molecule has 0 aliphatic carbocycles. The fourth-order valence-electron chi connectivity index (χ4n) is 1.78. The van der Waals surface area contributed by atoms with Crippen molar-refractivity contribution < 1.29 is 0 Å².